The smallest absolute Gasteiger partial charge is 0.253 e. The molecule has 2 aromatic carbocycles. The zero-order chi connectivity index (χ0) is 23.5. The molecule has 3 aliphatic rings. The first-order chi connectivity index (χ1) is 16.5. The van der Waals surface area contributed by atoms with Gasteiger partial charge in [-0.05, 0) is 48.7 Å². The number of sulfonamides is 1. The number of nitrogens with zero attached hydrogens (tertiary/aromatic N) is 2. The van der Waals surface area contributed by atoms with E-state index in [1.54, 1.807) is 35.2 Å². The highest BCUT2D eigenvalue weighted by atomic mass is 32.2. The van der Waals surface area contributed by atoms with Crippen molar-refractivity contribution in [3.05, 3.63) is 53.6 Å². The molecule has 0 aliphatic carbocycles. The number of carbonyl (C=O) groups excluding carboxylic acids is 1. The summed E-state index contributed by atoms with van der Waals surface area (Å²) in [6.07, 6.45) is 2.52. The molecule has 182 valence electrons. The van der Waals surface area contributed by atoms with Crippen molar-refractivity contribution in [1.29, 1.82) is 0 Å². The third-order valence-corrected chi connectivity index (χ3v) is 7.84. The number of carbonyl (C=O) groups is 1. The minimum absolute atomic E-state index is 0.0658. The molecule has 1 N–H and O–H groups in total. The third-order valence-electron chi connectivity index (χ3n) is 6.44. The molecule has 9 nitrogen and oxygen atoms in total. The minimum Gasteiger partial charge on any atom is -0.454 e. The van der Waals surface area contributed by atoms with Gasteiger partial charge in [-0.15, -0.1) is 0 Å². The molecule has 2 saturated heterocycles. The first-order valence-electron chi connectivity index (χ1n) is 11.6. The Labute approximate surface area is 199 Å². The fourth-order valence-corrected chi connectivity index (χ4v) is 5.56. The Kier molecular flexibility index (Phi) is 6.73. The molecule has 2 aromatic rings. The van der Waals surface area contributed by atoms with E-state index in [2.05, 4.69) is 9.62 Å². The monoisotopic (exact) mass is 487 g/mol. The van der Waals surface area contributed by atoms with Gasteiger partial charge in [-0.2, -0.15) is 0 Å². The van der Waals surface area contributed by atoms with Crippen molar-refractivity contribution >= 4 is 15.9 Å². The second kappa shape index (κ2) is 9.91. The average molecular weight is 488 g/mol. The van der Waals surface area contributed by atoms with Crippen LogP contribution in [0.25, 0.3) is 0 Å². The largest absolute Gasteiger partial charge is 0.454 e. The number of nitrogens with one attached hydrogen (secondary N) is 1. The van der Waals surface area contributed by atoms with Crippen LogP contribution in [0.3, 0.4) is 0 Å². The van der Waals surface area contributed by atoms with Crippen LogP contribution in [-0.2, 0) is 21.3 Å². The number of benzene rings is 2. The van der Waals surface area contributed by atoms with Crippen molar-refractivity contribution in [1.82, 2.24) is 14.5 Å². The van der Waals surface area contributed by atoms with Crippen molar-refractivity contribution in [2.24, 2.45) is 0 Å². The summed E-state index contributed by atoms with van der Waals surface area (Å²) in [5.41, 5.74) is 1.12. The van der Waals surface area contributed by atoms with Crippen LogP contribution in [-0.4, -0.2) is 76.4 Å². The first-order valence-corrected chi connectivity index (χ1v) is 13.1. The fourth-order valence-electron chi connectivity index (χ4n) is 4.50. The summed E-state index contributed by atoms with van der Waals surface area (Å²) < 4.78 is 44.7. The number of amides is 1. The van der Waals surface area contributed by atoms with Crippen molar-refractivity contribution in [3.8, 4) is 11.5 Å². The maximum atomic E-state index is 13.1. The van der Waals surface area contributed by atoms with Crippen molar-refractivity contribution < 1.29 is 27.4 Å². The Bertz CT molecular complexity index is 1140. The van der Waals surface area contributed by atoms with E-state index in [-0.39, 0.29) is 24.1 Å². The van der Waals surface area contributed by atoms with Crippen LogP contribution >= 0.6 is 0 Å². The van der Waals surface area contributed by atoms with Gasteiger partial charge in [-0.25, -0.2) is 13.1 Å². The van der Waals surface area contributed by atoms with Crippen molar-refractivity contribution in [3.63, 3.8) is 0 Å². The lowest BCUT2D eigenvalue weighted by Gasteiger charge is -2.35. The first kappa shape index (κ1) is 23.1. The molecule has 3 aliphatic heterocycles. The van der Waals surface area contributed by atoms with Gasteiger partial charge >= 0.3 is 0 Å². The zero-order valence-electron chi connectivity index (χ0n) is 18.9. The van der Waals surface area contributed by atoms with Gasteiger partial charge in [0, 0.05) is 51.4 Å². The summed E-state index contributed by atoms with van der Waals surface area (Å²) in [6.45, 7) is 4.83. The standard InChI is InChI=1S/C24H29N3O6S/c28-24(27-10-8-26(9-11-27)16-20-4-2-12-31-20)19-3-1-5-21(14-19)34(29,30)25-15-18-6-7-22-23(13-18)33-17-32-22/h1,3,5-7,13-14,20,25H,2,4,8-12,15-17H2. The highest BCUT2D eigenvalue weighted by molar-refractivity contribution is 7.89. The van der Waals surface area contributed by atoms with Gasteiger partial charge in [0.1, 0.15) is 0 Å². The maximum Gasteiger partial charge on any atom is 0.253 e. The molecule has 0 aromatic heterocycles. The van der Waals surface area contributed by atoms with Gasteiger partial charge in [0.25, 0.3) is 5.91 Å². The Morgan fingerprint density at radius 2 is 1.85 bits per heavy atom. The molecule has 0 saturated carbocycles. The number of hydrogen-bond acceptors (Lipinski definition) is 7. The van der Waals surface area contributed by atoms with E-state index in [0.29, 0.717) is 36.3 Å². The van der Waals surface area contributed by atoms with Crippen molar-refractivity contribution in [2.75, 3.05) is 46.1 Å². The zero-order valence-corrected chi connectivity index (χ0v) is 19.8. The molecule has 0 spiro atoms. The van der Waals surface area contributed by atoms with E-state index >= 15 is 0 Å². The molecule has 1 atom stereocenters. The number of fused-ring (bicyclic) bond motifs is 1. The van der Waals surface area contributed by atoms with E-state index < -0.39 is 10.0 Å². The highest BCUT2D eigenvalue weighted by Gasteiger charge is 2.26. The van der Waals surface area contributed by atoms with Crippen LogP contribution in [0.4, 0.5) is 0 Å². The van der Waals surface area contributed by atoms with Crippen molar-refractivity contribution in [2.45, 2.75) is 30.4 Å². The molecule has 5 rings (SSSR count). The SMILES string of the molecule is O=C(c1cccc(S(=O)(=O)NCc2ccc3c(c2)OCO3)c1)N1CCN(CC2CCCO2)CC1. The Morgan fingerprint density at radius 3 is 2.65 bits per heavy atom. The second-order valence-electron chi connectivity index (χ2n) is 8.77. The molecular formula is C24H29N3O6S. The van der Waals surface area contributed by atoms with Crippen LogP contribution < -0.4 is 14.2 Å². The predicted molar refractivity (Wildman–Crippen MR) is 124 cm³/mol. The van der Waals surface area contributed by atoms with Crippen LogP contribution in [0.5, 0.6) is 11.5 Å². The van der Waals surface area contributed by atoms with Gasteiger partial charge in [-0.3, -0.25) is 9.69 Å². The number of ether oxygens (including phenoxy) is 3. The molecule has 1 unspecified atom stereocenters. The summed E-state index contributed by atoms with van der Waals surface area (Å²) in [5, 5.41) is 0. The number of hydrogen-bond donors (Lipinski definition) is 1. The molecule has 34 heavy (non-hydrogen) atoms. The summed E-state index contributed by atoms with van der Waals surface area (Å²) in [6, 6.07) is 11.5. The van der Waals surface area contributed by atoms with E-state index in [1.165, 1.54) is 12.1 Å². The normalized spacial score (nSPS) is 20.6. The quantitative estimate of drug-likeness (QED) is 0.636. The van der Waals surface area contributed by atoms with E-state index in [9.17, 15) is 13.2 Å². The van der Waals surface area contributed by atoms with Crippen LogP contribution in [0.1, 0.15) is 28.8 Å². The molecule has 0 radical (unpaired) electrons. The molecule has 1 amide bonds. The highest BCUT2D eigenvalue weighted by Crippen LogP contribution is 2.32. The van der Waals surface area contributed by atoms with Gasteiger partial charge < -0.3 is 19.1 Å². The number of rotatable bonds is 7. The fraction of sp³-hybridized carbons (Fsp3) is 0.458. The minimum atomic E-state index is -3.80. The third kappa shape index (κ3) is 5.20. The Hall–Kier alpha value is -2.66. The summed E-state index contributed by atoms with van der Waals surface area (Å²) >= 11 is 0. The van der Waals surface area contributed by atoms with Crippen LogP contribution in [0, 0.1) is 0 Å². The molecule has 10 heteroatoms. The van der Waals surface area contributed by atoms with E-state index in [1.807, 2.05) is 0 Å². The van der Waals surface area contributed by atoms with Gasteiger partial charge in [0.2, 0.25) is 16.8 Å². The van der Waals surface area contributed by atoms with Gasteiger partial charge in [0.05, 0.1) is 11.0 Å². The summed E-state index contributed by atoms with van der Waals surface area (Å²) in [7, 11) is -3.80. The molecule has 3 heterocycles. The topological polar surface area (TPSA) is 97.4 Å². The van der Waals surface area contributed by atoms with Gasteiger partial charge in [0.15, 0.2) is 11.5 Å². The summed E-state index contributed by atoms with van der Waals surface area (Å²) in [4.78, 5) is 17.2. The summed E-state index contributed by atoms with van der Waals surface area (Å²) in [5.74, 6) is 1.09. The second-order valence-corrected chi connectivity index (χ2v) is 10.5. The van der Waals surface area contributed by atoms with Gasteiger partial charge in [-0.1, -0.05) is 12.1 Å². The lowest BCUT2D eigenvalue weighted by atomic mass is 10.1. The van der Waals surface area contributed by atoms with Crippen LogP contribution in [0.2, 0.25) is 0 Å². The molecule has 0 bridgehead atoms. The molecule has 2 fully saturated rings. The maximum absolute atomic E-state index is 13.1. The van der Waals surface area contributed by atoms with E-state index in [4.69, 9.17) is 14.2 Å². The Balaban J connectivity index is 1.19. The van der Waals surface area contributed by atoms with E-state index in [0.717, 1.165) is 44.6 Å². The molecular weight excluding hydrogens is 458 g/mol. The lowest BCUT2D eigenvalue weighted by Crippen LogP contribution is -2.50. The Morgan fingerprint density at radius 1 is 1.03 bits per heavy atom. The number of piperazine rings is 1. The predicted octanol–water partition coefficient (Wildman–Crippen LogP) is 1.83. The lowest BCUT2D eigenvalue weighted by molar-refractivity contribution is 0.0432. The average Bonchev–Trinajstić information content (AvgIpc) is 3.55. The van der Waals surface area contributed by atoms with Crippen LogP contribution in [0.15, 0.2) is 47.4 Å².